The molecule has 1 amide bonds. The fourth-order valence-electron chi connectivity index (χ4n) is 2.27. The fourth-order valence-corrected chi connectivity index (χ4v) is 2.51. The van der Waals surface area contributed by atoms with Crippen LogP contribution in [0.25, 0.3) is 5.52 Å². The first-order chi connectivity index (χ1) is 11.6. The summed E-state index contributed by atoms with van der Waals surface area (Å²) in [5, 5.41) is 7.71. The van der Waals surface area contributed by atoms with Gasteiger partial charge in [-0.3, -0.25) is 4.79 Å². The number of benzene rings is 1. The minimum atomic E-state index is -0.575. The average Bonchev–Trinajstić information content (AvgIpc) is 3.03. The number of halogens is 1. The topological polar surface area (TPSA) is 81.6 Å². The molecule has 0 saturated carbocycles. The molecule has 0 spiro atoms. The van der Waals surface area contributed by atoms with E-state index in [4.69, 9.17) is 28.5 Å². The van der Waals surface area contributed by atoms with Gasteiger partial charge in [-0.25, -0.2) is 4.52 Å². The van der Waals surface area contributed by atoms with Gasteiger partial charge < -0.3 is 15.8 Å². The molecule has 3 N–H and O–H groups in total. The standard InChI is InChI=1S/C17H13ClN4O2/c1-2-8-24-15-6-5-11(9-13(15)18)21-16-12(17(19)23)10-20-22-7-3-4-14(16)22/h1,3-7,9-10,21H,8H2,(H2,19,23). The molecule has 3 rings (SSSR count). The molecule has 0 aliphatic carbocycles. The minimum Gasteiger partial charge on any atom is -0.479 e. The molecule has 7 heteroatoms. The maximum Gasteiger partial charge on any atom is 0.252 e. The lowest BCUT2D eigenvalue weighted by Gasteiger charge is -2.13. The monoisotopic (exact) mass is 340 g/mol. The highest BCUT2D eigenvalue weighted by atomic mass is 35.5. The number of fused-ring (bicyclic) bond motifs is 1. The summed E-state index contributed by atoms with van der Waals surface area (Å²) in [5.41, 5.74) is 7.67. The number of carbonyl (C=O) groups is 1. The van der Waals surface area contributed by atoms with Crippen molar-refractivity contribution in [3.63, 3.8) is 0 Å². The number of nitrogens with one attached hydrogen (secondary N) is 1. The largest absolute Gasteiger partial charge is 0.479 e. The van der Waals surface area contributed by atoms with Crippen LogP contribution in [0.3, 0.4) is 0 Å². The van der Waals surface area contributed by atoms with Crippen molar-refractivity contribution in [2.45, 2.75) is 0 Å². The van der Waals surface area contributed by atoms with Crippen LogP contribution < -0.4 is 15.8 Å². The van der Waals surface area contributed by atoms with Crippen molar-refractivity contribution in [1.82, 2.24) is 9.61 Å². The van der Waals surface area contributed by atoms with Crippen LogP contribution >= 0.6 is 11.6 Å². The van der Waals surface area contributed by atoms with Gasteiger partial charge in [0.2, 0.25) is 0 Å². The van der Waals surface area contributed by atoms with Crippen molar-refractivity contribution in [3.05, 3.63) is 53.3 Å². The molecule has 0 atom stereocenters. The number of anilines is 2. The van der Waals surface area contributed by atoms with Gasteiger partial charge in [0, 0.05) is 11.9 Å². The summed E-state index contributed by atoms with van der Waals surface area (Å²) >= 11 is 6.19. The average molecular weight is 341 g/mol. The van der Waals surface area contributed by atoms with Crippen LogP contribution in [-0.4, -0.2) is 22.1 Å². The van der Waals surface area contributed by atoms with Crippen LogP contribution in [0.4, 0.5) is 11.4 Å². The first-order valence-corrected chi connectivity index (χ1v) is 7.37. The van der Waals surface area contributed by atoms with E-state index in [0.717, 1.165) is 5.52 Å². The van der Waals surface area contributed by atoms with Crippen LogP contribution in [0.2, 0.25) is 5.02 Å². The number of rotatable bonds is 5. The first kappa shape index (κ1) is 15.7. The fraction of sp³-hybridized carbons (Fsp3) is 0.0588. The number of nitrogens with zero attached hydrogens (tertiary/aromatic N) is 2. The summed E-state index contributed by atoms with van der Waals surface area (Å²) in [6, 6.07) is 8.79. The Morgan fingerprint density at radius 2 is 2.29 bits per heavy atom. The Kier molecular flexibility index (Phi) is 4.27. The van der Waals surface area contributed by atoms with Crippen LogP contribution in [0.15, 0.2) is 42.7 Å². The second kappa shape index (κ2) is 6.52. The van der Waals surface area contributed by atoms with Crippen molar-refractivity contribution >= 4 is 34.4 Å². The molecule has 120 valence electrons. The highest BCUT2D eigenvalue weighted by Crippen LogP contribution is 2.31. The quantitative estimate of drug-likeness (QED) is 0.700. The van der Waals surface area contributed by atoms with Gasteiger partial charge in [0.05, 0.1) is 28.0 Å². The molecule has 0 aliphatic rings. The number of amides is 1. The summed E-state index contributed by atoms with van der Waals surface area (Å²) in [6.07, 6.45) is 8.36. The van der Waals surface area contributed by atoms with Gasteiger partial charge in [-0.05, 0) is 30.3 Å². The maximum absolute atomic E-state index is 11.7. The zero-order valence-corrected chi connectivity index (χ0v) is 13.2. The number of hydrogen-bond donors (Lipinski definition) is 2. The predicted molar refractivity (Wildman–Crippen MR) is 92.8 cm³/mol. The van der Waals surface area contributed by atoms with Crippen LogP contribution in [-0.2, 0) is 0 Å². The zero-order valence-electron chi connectivity index (χ0n) is 12.5. The van der Waals surface area contributed by atoms with Crippen molar-refractivity contribution < 1.29 is 9.53 Å². The summed E-state index contributed by atoms with van der Waals surface area (Å²) in [7, 11) is 0. The number of ether oxygens (including phenoxy) is 1. The van der Waals surface area contributed by atoms with Gasteiger partial charge in [0.1, 0.15) is 12.4 Å². The van der Waals surface area contributed by atoms with E-state index in [0.29, 0.717) is 22.1 Å². The van der Waals surface area contributed by atoms with Gasteiger partial charge in [0.25, 0.3) is 5.91 Å². The van der Waals surface area contributed by atoms with E-state index in [1.165, 1.54) is 6.20 Å². The first-order valence-electron chi connectivity index (χ1n) is 6.99. The lowest BCUT2D eigenvalue weighted by Crippen LogP contribution is -2.15. The van der Waals surface area contributed by atoms with E-state index in [-0.39, 0.29) is 12.2 Å². The van der Waals surface area contributed by atoms with Gasteiger partial charge in [-0.1, -0.05) is 17.5 Å². The molecule has 0 saturated heterocycles. The molecule has 0 radical (unpaired) electrons. The van der Waals surface area contributed by atoms with Crippen molar-refractivity contribution in [2.24, 2.45) is 5.73 Å². The number of aromatic nitrogens is 2. The molecule has 3 aromatic rings. The summed E-state index contributed by atoms with van der Waals surface area (Å²) in [4.78, 5) is 11.7. The summed E-state index contributed by atoms with van der Waals surface area (Å²) in [5.74, 6) is 2.29. The van der Waals surface area contributed by atoms with Gasteiger partial charge >= 0.3 is 0 Å². The third kappa shape index (κ3) is 2.98. The van der Waals surface area contributed by atoms with E-state index >= 15 is 0 Å². The molecular weight excluding hydrogens is 328 g/mol. The Labute approximate surface area is 143 Å². The molecule has 0 aliphatic heterocycles. The smallest absolute Gasteiger partial charge is 0.252 e. The van der Waals surface area contributed by atoms with Crippen LogP contribution in [0, 0.1) is 12.3 Å². The second-order valence-corrected chi connectivity index (χ2v) is 5.31. The van der Waals surface area contributed by atoms with E-state index in [1.54, 1.807) is 28.9 Å². The Balaban J connectivity index is 1.99. The number of hydrogen-bond acceptors (Lipinski definition) is 4. The van der Waals surface area contributed by atoms with Crippen molar-refractivity contribution in [2.75, 3.05) is 11.9 Å². The van der Waals surface area contributed by atoms with Gasteiger partial charge in [0.15, 0.2) is 0 Å². The zero-order chi connectivity index (χ0) is 17.1. The molecule has 0 fully saturated rings. The van der Waals surface area contributed by atoms with Crippen molar-refractivity contribution in [1.29, 1.82) is 0 Å². The molecule has 1 aromatic carbocycles. The Hall–Kier alpha value is -3.17. The number of terminal acetylenes is 1. The van der Waals surface area contributed by atoms with E-state index in [9.17, 15) is 4.79 Å². The molecule has 6 nitrogen and oxygen atoms in total. The minimum absolute atomic E-state index is 0.132. The van der Waals surface area contributed by atoms with Crippen molar-refractivity contribution in [3.8, 4) is 18.1 Å². The molecule has 2 aromatic heterocycles. The lowest BCUT2D eigenvalue weighted by atomic mass is 10.2. The molecule has 24 heavy (non-hydrogen) atoms. The molecular formula is C17H13ClN4O2. The van der Waals surface area contributed by atoms with Crippen LogP contribution in [0.1, 0.15) is 10.4 Å². The van der Waals surface area contributed by atoms with E-state index in [1.807, 2.05) is 12.1 Å². The maximum atomic E-state index is 11.7. The lowest BCUT2D eigenvalue weighted by molar-refractivity contribution is 0.100. The second-order valence-electron chi connectivity index (χ2n) is 4.90. The molecule has 2 heterocycles. The van der Waals surface area contributed by atoms with Crippen LogP contribution in [0.5, 0.6) is 5.75 Å². The highest BCUT2D eigenvalue weighted by molar-refractivity contribution is 6.32. The molecule has 0 bridgehead atoms. The number of nitrogens with two attached hydrogens (primary N) is 1. The van der Waals surface area contributed by atoms with Gasteiger partial charge in [-0.15, -0.1) is 6.42 Å². The van der Waals surface area contributed by atoms with Gasteiger partial charge in [-0.2, -0.15) is 5.10 Å². The highest BCUT2D eigenvalue weighted by Gasteiger charge is 2.14. The van der Waals surface area contributed by atoms with E-state index in [2.05, 4.69) is 16.3 Å². The SMILES string of the molecule is C#CCOc1ccc(Nc2c(C(N)=O)cnn3cccc23)cc1Cl. The van der Waals surface area contributed by atoms with E-state index < -0.39 is 5.91 Å². The summed E-state index contributed by atoms with van der Waals surface area (Å²) in [6.45, 7) is 0.132. The Bertz CT molecular complexity index is 959. The number of primary amides is 1. The Morgan fingerprint density at radius 1 is 1.46 bits per heavy atom. The normalized spacial score (nSPS) is 10.3. The summed E-state index contributed by atoms with van der Waals surface area (Å²) < 4.78 is 6.97. The third-order valence-electron chi connectivity index (χ3n) is 3.34. The predicted octanol–water partition coefficient (Wildman–Crippen LogP) is 2.84. The number of carbonyl (C=O) groups excluding carboxylic acids is 1. The third-order valence-corrected chi connectivity index (χ3v) is 3.64. The Morgan fingerprint density at radius 3 is 3.00 bits per heavy atom. The molecule has 0 unspecified atom stereocenters.